The van der Waals surface area contributed by atoms with Crippen molar-refractivity contribution in [1.82, 2.24) is 0 Å². The molecule has 0 aliphatic heterocycles. The van der Waals surface area contributed by atoms with E-state index < -0.39 is 41.5 Å². The second-order valence-corrected chi connectivity index (χ2v) is 6.02. The summed E-state index contributed by atoms with van der Waals surface area (Å²) < 4.78 is 48.2. The molecule has 0 bridgehead atoms. The number of rotatable bonds is 2. The molecule has 0 fully saturated rings. The van der Waals surface area contributed by atoms with Crippen LogP contribution in [0.15, 0.2) is 15.4 Å². The quantitative estimate of drug-likeness (QED) is 0.837. The van der Waals surface area contributed by atoms with Crippen LogP contribution < -0.4 is 5.73 Å². The van der Waals surface area contributed by atoms with Gasteiger partial charge in [-0.3, -0.25) is 4.79 Å². The van der Waals surface area contributed by atoms with Gasteiger partial charge in [0.2, 0.25) is 0 Å². The predicted molar refractivity (Wildman–Crippen MR) is 55.6 cm³/mol. The maximum Gasteiger partial charge on any atom is 0.265 e. The van der Waals surface area contributed by atoms with E-state index in [0.29, 0.717) is 6.07 Å². The topological polar surface area (TPSA) is 77.2 Å². The van der Waals surface area contributed by atoms with Crippen molar-refractivity contribution in [2.24, 2.45) is 5.73 Å². The fraction of sp³-hybridized carbons (Fsp3) is 0. The van der Waals surface area contributed by atoms with Gasteiger partial charge in [0, 0.05) is 15.2 Å². The molecule has 0 spiro atoms. The largest absolute Gasteiger partial charge is 0.365 e. The van der Waals surface area contributed by atoms with E-state index in [4.69, 9.17) is 16.4 Å². The van der Waals surface area contributed by atoms with Crippen LogP contribution in [0.3, 0.4) is 0 Å². The predicted octanol–water partition coefficient (Wildman–Crippen LogP) is 1.75. The molecule has 0 saturated carbocycles. The monoisotopic (exact) mass is 333 g/mol. The summed E-state index contributed by atoms with van der Waals surface area (Å²) >= 11 is 2.62. The van der Waals surface area contributed by atoms with Gasteiger partial charge >= 0.3 is 0 Å². The summed E-state index contributed by atoms with van der Waals surface area (Å²) in [6, 6.07) is 0.596. The molecule has 1 rings (SSSR count). The number of nitrogens with two attached hydrogens (primary N) is 1. The highest BCUT2D eigenvalue weighted by atomic mass is 79.9. The van der Waals surface area contributed by atoms with Crippen molar-refractivity contribution in [2.45, 2.75) is 4.90 Å². The van der Waals surface area contributed by atoms with Crippen molar-refractivity contribution in [1.29, 1.82) is 0 Å². The SMILES string of the molecule is NC(=O)c1c(F)cc(Br)c(S(=O)(=O)Cl)c1F. The minimum absolute atomic E-state index is 0.428. The fourth-order valence-corrected chi connectivity index (χ4v) is 3.38. The van der Waals surface area contributed by atoms with Crippen LogP contribution in [0, 0.1) is 11.6 Å². The zero-order valence-electron chi connectivity index (χ0n) is 7.30. The molecule has 0 aliphatic rings. The summed E-state index contributed by atoms with van der Waals surface area (Å²) in [7, 11) is 0.465. The molecular formula is C7H3BrClF2NO3S. The van der Waals surface area contributed by atoms with E-state index in [1.165, 1.54) is 0 Å². The molecule has 0 radical (unpaired) electrons. The first-order valence-electron chi connectivity index (χ1n) is 3.58. The number of carbonyl (C=O) groups is 1. The van der Waals surface area contributed by atoms with Gasteiger partial charge in [0.1, 0.15) is 16.3 Å². The summed E-state index contributed by atoms with van der Waals surface area (Å²) in [4.78, 5) is 9.70. The number of carbonyl (C=O) groups excluding carboxylic acids is 1. The minimum Gasteiger partial charge on any atom is -0.365 e. The van der Waals surface area contributed by atoms with Gasteiger partial charge in [-0.25, -0.2) is 17.2 Å². The third kappa shape index (κ3) is 2.33. The molecule has 2 N–H and O–H groups in total. The average molecular weight is 335 g/mol. The van der Waals surface area contributed by atoms with Gasteiger partial charge < -0.3 is 5.73 Å². The van der Waals surface area contributed by atoms with E-state index in [-0.39, 0.29) is 0 Å². The Kier molecular flexibility index (Phi) is 3.56. The molecule has 0 saturated heterocycles. The van der Waals surface area contributed by atoms with E-state index in [2.05, 4.69) is 15.9 Å². The number of halogens is 4. The number of hydrogen-bond donors (Lipinski definition) is 1. The van der Waals surface area contributed by atoms with E-state index in [1.54, 1.807) is 0 Å². The van der Waals surface area contributed by atoms with E-state index in [1.807, 2.05) is 0 Å². The Morgan fingerprint density at radius 2 is 1.94 bits per heavy atom. The highest BCUT2D eigenvalue weighted by Crippen LogP contribution is 2.31. The molecule has 0 atom stereocenters. The molecular weight excluding hydrogens is 332 g/mol. The Morgan fingerprint density at radius 3 is 2.31 bits per heavy atom. The van der Waals surface area contributed by atoms with Gasteiger partial charge in [-0.15, -0.1) is 0 Å². The van der Waals surface area contributed by atoms with Crippen LogP contribution in [0.25, 0.3) is 0 Å². The van der Waals surface area contributed by atoms with E-state index >= 15 is 0 Å². The standard InChI is InChI=1S/C7H3BrClF2NO3S/c8-2-1-3(10)4(7(12)13)5(11)6(2)16(9,14)15/h1H,(H2,12,13). The summed E-state index contributed by atoms with van der Waals surface area (Å²) in [6.45, 7) is 0. The van der Waals surface area contributed by atoms with Gasteiger partial charge in [0.15, 0.2) is 5.82 Å². The Hall–Kier alpha value is -0.730. The first-order valence-corrected chi connectivity index (χ1v) is 6.68. The molecule has 0 aliphatic carbocycles. The molecule has 9 heteroatoms. The van der Waals surface area contributed by atoms with Crippen LogP contribution in [0.4, 0.5) is 8.78 Å². The normalized spacial score (nSPS) is 11.5. The molecule has 16 heavy (non-hydrogen) atoms. The van der Waals surface area contributed by atoms with Crippen molar-refractivity contribution in [3.05, 3.63) is 27.7 Å². The molecule has 88 valence electrons. The highest BCUT2D eigenvalue weighted by Gasteiger charge is 2.28. The molecule has 4 nitrogen and oxygen atoms in total. The van der Waals surface area contributed by atoms with Crippen LogP contribution >= 0.6 is 26.6 Å². The lowest BCUT2D eigenvalue weighted by Crippen LogP contribution is -2.17. The smallest absolute Gasteiger partial charge is 0.265 e. The first-order chi connectivity index (χ1) is 7.16. The van der Waals surface area contributed by atoms with Crippen LogP contribution in [0.2, 0.25) is 0 Å². The molecule has 1 aromatic rings. The van der Waals surface area contributed by atoms with Gasteiger partial charge in [-0.05, 0) is 22.0 Å². The third-order valence-electron chi connectivity index (χ3n) is 1.62. The van der Waals surface area contributed by atoms with E-state index in [9.17, 15) is 22.0 Å². The Balaban J connectivity index is 3.79. The van der Waals surface area contributed by atoms with Crippen molar-refractivity contribution >= 4 is 41.6 Å². The highest BCUT2D eigenvalue weighted by molar-refractivity contribution is 9.10. The zero-order valence-corrected chi connectivity index (χ0v) is 10.5. The molecule has 1 aromatic carbocycles. The molecule has 0 unspecified atom stereocenters. The number of hydrogen-bond acceptors (Lipinski definition) is 3. The van der Waals surface area contributed by atoms with Gasteiger partial charge in [0.05, 0.1) is 0 Å². The van der Waals surface area contributed by atoms with Crippen LogP contribution in [-0.4, -0.2) is 14.3 Å². The second kappa shape index (κ2) is 4.27. The summed E-state index contributed by atoms with van der Waals surface area (Å²) in [5.41, 5.74) is 3.55. The molecule has 0 heterocycles. The summed E-state index contributed by atoms with van der Waals surface area (Å²) in [5, 5.41) is 0. The van der Waals surface area contributed by atoms with Gasteiger partial charge in [-0.1, -0.05) is 0 Å². The summed E-state index contributed by atoms with van der Waals surface area (Å²) in [5.74, 6) is -4.32. The zero-order chi connectivity index (χ0) is 12.7. The number of amides is 1. The molecule has 0 aromatic heterocycles. The lowest BCUT2D eigenvalue weighted by Gasteiger charge is -2.06. The fourth-order valence-electron chi connectivity index (χ4n) is 1.02. The maximum absolute atomic E-state index is 13.5. The van der Waals surface area contributed by atoms with Gasteiger partial charge in [-0.2, -0.15) is 0 Å². The molecule has 1 amide bonds. The van der Waals surface area contributed by atoms with Crippen LogP contribution in [0.1, 0.15) is 10.4 Å². The van der Waals surface area contributed by atoms with Crippen molar-refractivity contribution in [3.63, 3.8) is 0 Å². The van der Waals surface area contributed by atoms with Crippen molar-refractivity contribution < 1.29 is 22.0 Å². The first kappa shape index (κ1) is 13.3. The van der Waals surface area contributed by atoms with Crippen LogP contribution in [0.5, 0.6) is 0 Å². The minimum atomic E-state index is -4.46. The summed E-state index contributed by atoms with van der Waals surface area (Å²) in [6.07, 6.45) is 0. The van der Waals surface area contributed by atoms with Crippen LogP contribution in [-0.2, 0) is 9.05 Å². The van der Waals surface area contributed by atoms with Crippen molar-refractivity contribution in [2.75, 3.05) is 0 Å². The Morgan fingerprint density at radius 1 is 1.44 bits per heavy atom. The Bertz CT molecular complexity index is 575. The average Bonchev–Trinajstić information content (AvgIpc) is 1.97. The lowest BCUT2D eigenvalue weighted by atomic mass is 10.2. The second-order valence-electron chi connectivity index (χ2n) is 2.66. The number of benzene rings is 1. The third-order valence-corrected chi connectivity index (χ3v) is 3.86. The Labute approximate surface area is 102 Å². The number of primary amides is 1. The van der Waals surface area contributed by atoms with Crippen molar-refractivity contribution in [3.8, 4) is 0 Å². The maximum atomic E-state index is 13.5. The van der Waals surface area contributed by atoms with E-state index in [0.717, 1.165) is 0 Å². The van der Waals surface area contributed by atoms with Gasteiger partial charge in [0.25, 0.3) is 15.0 Å². The lowest BCUT2D eigenvalue weighted by molar-refractivity contribution is 0.0991.